The molecule has 1 unspecified atom stereocenters. The maximum atomic E-state index is 5.95. The second-order valence-corrected chi connectivity index (χ2v) is 9.56. The van der Waals surface area contributed by atoms with Crippen molar-refractivity contribution in [2.24, 2.45) is 0 Å². The first kappa shape index (κ1) is 22.4. The van der Waals surface area contributed by atoms with E-state index in [-0.39, 0.29) is 6.10 Å². The lowest BCUT2D eigenvalue weighted by atomic mass is 9.79. The number of nitrogens with one attached hydrogen (secondary N) is 2. The Morgan fingerprint density at radius 1 is 1.14 bits per heavy atom. The lowest BCUT2D eigenvalue weighted by Crippen LogP contribution is -2.44. The summed E-state index contributed by atoms with van der Waals surface area (Å²) >= 11 is 0. The molecule has 0 amide bonds. The molecule has 2 aliphatic rings. The minimum absolute atomic E-state index is 0.0187. The second kappa shape index (κ2) is 9.51. The summed E-state index contributed by atoms with van der Waals surface area (Å²) in [5.41, 5.74) is 5.09. The number of piperazine rings is 1. The van der Waals surface area contributed by atoms with Gasteiger partial charge in [0.15, 0.2) is 5.82 Å². The zero-order valence-electron chi connectivity index (χ0n) is 20.5. The molecule has 0 radical (unpaired) electrons. The molecular weight excluding hydrogens is 438 g/mol. The Labute approximate surface area is 205 Å². The predicted molar refractivity (Wildman–Crippen MR) is 139 cm³/mol. The quantitative estimate of drug-likeness (QED) is 0.402. The van der Waals surface area contributed by atoms with E-state index < -0.39 is 0 Å². The van der Waals surface area contributed by atoms with Gasteiger partial charge < -0.3 is 19.9 Å². The predicted octanol–water partition coefficient (Wildman–Crippen LogP) is 4.73. The highest BCUT2D eigenvalue weighted by molar-refractivity contribution is 5.97. The largest absolute Gasteiger partial charge is 0.372 e. The molecule has 0 aromatic carbocycles. The fourth-order valence-corrected chi connectivity index (χ4v) is 5.39. The minimum Gasteiger partial charge on any atom is -0.372 e. The summed E-state index contributed by atoms with van der Waals surface area (Å²) in [4.78, 5) is 25.4. The smallest absolute Gasteiger partial charge is 0.163 e. The van der Waals surface area contributed by atoms with Crippen molar-refractivity contribution in [1.29, 1.82) is 0 Å². The highest BCUT2D eigenvalue weighted by Crippen LogP contribution is 2.42. The van der Waals surface area contributed by atoms with Crippen LogP contribution in [0.5, 0.6) is 0 Å². The van der Waals surface area contributed by atoms with E-state index in [9.17, 15) is 0 Å². The van der Waals surface area contributed by atoms with Gasteiger partial charge in [-0.1, -0.05) is 13.3 Å². The molecule has 2 fully saturated rings. The number of hydrogen-bond acceptors (Lipinski definition) is 7. The SMILES string of the molecule is CCOC(CC)c1cc2c(-c3nc(N4CCNCC4)c4c(C5CCC5)cncc4n3)ccnc2[nH]1. The van der Waals surface area contributed by atoms with Crippen LogP contribution in [0.1, 0.15) is 62.8 Å². The fraction of sp³-hybridized carbons (Fsp3) is 0.481. The van der Waals surface area contributed by atoms with Gasteiger partial charge in [0.25, 0.3) is 0 Å². The Morgan fingerprint density at radius 3 is 2.74 bits per heavy atom. The van der Waals surface area contributed by atoms with Crippen molar-refractivity contribution in [3.8, 4) is 11.4 Å². The molecule has 1 saturated carbocycles. The summed E-state index contributed by atoms with van der Waals surface area (Å²) < 4.78 is 5.95. The van der Waals surface area contributed by atoms with E-state index in [1.807, 2.05) is 31.6 Å². The maximum absolute atomic E-state index is 5.95. The van der Waals surface area contributed by atoms with E-state index in [2.05, 4.69) is 38.2 Å². The first-order valence-corrected chi connectivity index (χ1v) is 13.0. The summed E-state index contributed by atoms with van der Waals surface area (Å²) in [6.07, 6.45) is 10.4. The third kappa shape index (κ3) is 4.04. The number of rotatable bonds is 7. The van der Waals surface area contributed by atoms with Crippen LogP contribution in [0.2, 0.25) is 0 Å². The minimum atomic E-state index is 0.0187. The molecule has 0 spiro atoms. The zero-order valence-corrected chi connectivity index (χ0v) is 20.5. The Hall–Kier alpha value is -3.10. The Bertz CT molecular complexity index is 1340. The average molecular weight is 472 g/mol. The number of hydrogen-bond donors (Lipinski definition) is 2. The Balaban J connectivity index is 1.53. The molecule has 8 nitrogen and oxygen atoms in total. The van der Waals surface area contributed by atoms with Gasteiger partial charge in [0, 0.05) is 67.2 Å². The number of ether oxygens (including phenoxy) is 1. The van der Waals surface area contributed by atoms with Crippen molar-refractivity contribution in [2.75, 3.05) is 37.7 Å². The number of aromatic nitrogens is 5. The van der Waals surface area contributed by atoms with Gasteiger partial charge in [-0.15, -0.1) is 0 Å². The van der Waals surface area contributed by atoms with Crippen molar-refractivity contribution in [1.82, 2.24) is 30.2 Å². The molecule has 5 heterocycles. The third-order valence-electron chi connectivity index (χ3n) is 7.46. The monoisotopic (exact) mass is 471 g/mol. The standard InChI is InChI=1S/C27H33N7O/c1-3-23(35-4-2)21-14-19-18(8-9-30-25(19)31-21)26-32-22-16-29-15-20(17-6-5-7-17)24(22)27(33-26)34-12-10-28-11-13-34/h8-9,14-17,23,28H,3-7,10-13H2,1-2H3,(H,30,31). The van der Waals surface area contributed by atoms with E-state index >= 15 is 0 Å². The van der Waals surface area contributed by atoms with Crippen LogP contribution in [0.4, 0.5) is 5.82 Å². The molecule has 0 bridgehead atoms. The zero-order chi connectivity index (χ0) is 23.8. The first-order valence-electron chi connectivity index (χ1n) is 13.0. The van der Waals surface area contributed by atoms with E-state index in [1.165, 1.54) is 30.2 Å². The van der Waals surface area contributed by atoms with Gasteiger partial charge >= 0.3 is 0 Å². The van der Waals surface area contributed by atoms with Gasteiger partial charge in [-0.25, -0.2) is 15.0 Å². The summed E-state index contributed by atoms with van der Waals surface area (Å²) in [7, 11) is 0. The van der Waals surface area contributed by atoms with Gasteiger partial charge in [0.2, 0.25) is 0 Å². The molecule has 8 heteroatoms. The molecule has 2 N–H and O–H groups in total. The van der Waals surface area contributed by atoms with Crippen LogP contribution in [0, 0.1) is 0 Å². The summed E-state index contributed by atoms with van der Waals surface area (Å²) in [5, 5.41) is 5.67. The van der Waals surface area contributed by atoms with Crippen LogP contribution in [-0.4, -0.2) is 57.7 Å². The lowest BCUT2D eigenvalue weighted by molar-refractivity contribution is 0.0573. The van der Waals surface area contributed by atoms with Crippen molar-refractivity contribution < 1.29 is 4.74 Å². The second-order valence-electron chi connectivity index (χ2n) is 9.56. The van der Waals surface area contributed by atoms with Crippen LogP contribution >= 0.6 is 0 Å². The molecule has 6 rings (SSSR count). The Morgan fingerprint density at radius 2 is 2.00 bits per heavy atom. The molecule has 182 valence electrons. The molecule has 1 aliphatic heterocycles. The van der Waals surface area contributed by atoms with Crippen LogP contribution < -0.4 is 10.2 Å². The van der Waals surface area contributed by atoms with Crippen LogP contribution in [0.25, 0.3) is 33.3 Å². The highest BCUT2D eigenvalue weighted by atomic mass is 16.5. The number of anilines is 1. The fourth-order valence-electron chi connectivity index (χ4n) is 5.39. The van der Waals surface area contributed by atoms with Gasteiger partial charge in [-0.05, 0) is 49.8 Å². The summed E-state index contributed by atoms with van der Waals surface area (Å²) in [5.74, 6) is 2.32. The van der Waals surface area contributed by atoms with Crippen molar-refractivity contribution in [3.63, 3.8) is 0 Å². The van der Waals surface area contributed by atoms with Crippen LogP contribution in [0.15, 0.2) is 30.7 Å². The van der Waals surface area contributed by atoms with Crippen LogP contribution in [-0.2, 0) is 4.74 Å². The number of H-pyrrole nitrogens is 1. The molecule has 35 heavy (non-hydrogen) atoms. The normalized spacial score (nSPS) is 17.7. The number of fused-ring (bicyclic) bond motifs is 2. The lowest BCUT2D eigenvalue weighted by Gasteiger charge is -2.32. The number of nitrogens with zero attached hydrogens (tertiary/aromatic N) is 5. The van der Waals surface area contributed by atoms with Gasteiger partial charge in [-0.2, -0.15) is 0 Å². The van der Waals surface area contributed by atoms with E-state index in [0.29, 0.717) is 12.5 Å². The Kier molecular flexibility index (Phi) is 6.08. The molecule has 4 aromatic rings. The van der Waals surface area contributed by atoms with Crippen molar-refractivity contribution in [2.45, 2.75) is 51.6 Å². The van der Waals surface area contributed by atoms with E-state index in [0.717, 1.165) is 72.0 Å². The van der Waals surface area contributed by atoms with E-state index in [4.69, 9.17) is 14.7 Å². The number of aromatic amines is 1. The summed E-state index contributed by atoms with van der Waals surface area (Å²) in [6, 6.07) is 4.18. The number of pyridine rings is 2. The highest BCUT2D eigenvalue weighted by Gasteiger charge is 2.27. The first-order chi connectivity index (χ1) is 17.3. The molecule has 1 aliphatic carbocycles. The topological polar surface area (TPSA) is 91.8 Å². The molecule has 4 aromatic heterocycles. The van der Waals surface area contributed by atoms with Gasteiger partial charge in [0.05, 0.1) is 17.8 Å². The summed E-state index contributed by atoms with van der Waals surface area (Å²) in [6.45, 7) is 8.63. The molecular formula is C27H33N7O. The van der Waals surface area contributed by atoms with Crippen LogP contribution in [0.3, 0.4) is 0 Å². The van der Waals surface area contributed by atoms with Gasteiger partial charge in [0.1, 0.15) is 11.5 Å². The van der Waals surface area contributed by atoms with E-state index in [1.54, 1.807) is 0 Å². The molecule has 1 saturated heterocycles. The average Bonchev–Trinajstić information content (AvgIpc) is 3.30. The third-order valence-corrected chi connectivity index (χ3v) is 7.46. The van der Waals surface area contributed by atoms with Crippen molar-refractivity contribution in [3.05, 3.63) is 42.0 Å². The van der Waals surface area contributed by atoms with Gasteiger partial charge in [-0.3, -0.25) is 4.98 Å². The molecule has 1 atom stereocenters. The maximum Gasteiger partial charge on any atom is 0.163 e. The van der Waals surface area contributed by atoms with Crippen molar-refractivity contribution >= 4 is 27.8 Å².